The number of nitrogens with one attached hydrogen (secondary N) is 1. The van der Waals surface area contributed by atoms with Gasteiger partial charge in [-0.2, -0.15) is 0 Å². The summed E-state index contributed by atoms with van der Waals surface area (Å²) in [6.45, 7) is 2.95. The van der Waals surface area contributed by atoms with Crippen molar-refractivity contribution in [1.29, 1.82) is 0 Å². The van der Waals surface area contributed by atoms with E-state index in [4.69, 9.17) is 4.74 Å². The number of ether oxygens (including phenoxy) is 1. The second-order valence-corrected chi connectivity index (χ2v) is 5.43. The van der Waals surface area contributed by atoms with Gasteiger partial charge in [-0.05, 0) is 36.5 Å². The summed E-state index contributed by atoms with van der Waals surface area (Å²) in [5, 5.41) is 3.97. The number of halogens is 1. The molecule has 3 nitrogen and oxygen atoms in total. The van der Waals surface area contributed by atoms with Gasteiger partial charge in [0.1, 0.15) is 5.75 Å². The van der Waals surface area contributed by atoms with Gasteiger partial charge in [0.2, 0.25) is 5.91 Å². The number of hydrogen-bond acceptors (Lipinski definition) is 2. The molecule has 1 unspecified atom stereocenters. The molecule has 0 saturated heterocycles. The van der Waals surface area contributed by atoms with Gasteiger partial charge in [0.25, 0.3) is 0 Å². The average molecular weight is 328 g/mol. The van der Waals surface area contributed by atoms with Crippen LogP contribution in [0.1, 0.15) is 25.3 Å². The van der Waals surface area contributed by atoms with Crippen LogP contribution in [0.25, 0.3) is 0 Å². The van der Waals surface area contributed by atoms with E-state index in [2.05, 4.69) is 28.2 Å². The summed E-state index contributed by atoms with van der Waals surface area (Å²) in [6, 6.07) is 7.61. The summed E-state index contributed by atoms with van der Waals surface area (Å²) < 4.78 is 5.14. The number of alkyl halides is 1. The van der Waals surface area contributed by atoms with E-state index in [0.29, 0.717) is 12.3 Å². The third-order valence-electron chi connectivity index (χ3n) is 2.96. The number of amides is 1. The first-order chi connectivity index (χ1) is 9.15. The molecule has 19 heavy (non-hydrogen) atoms. The van der Waals surface area contributed by atoms with Crippen molar-refractivity contribution in [1.82, 2.24) is 5.32 Å². The van der Waals surface area contributed by atoms with E-state index in [9.17, 15) is 4.79 Å². The fourth-order valence-corrected chi connectivity index (χ4v) is 2.11. The monoisotopic (exact) mass is 327 g/mol. The lowest BCUT2D eigenvalue weighted by molar-refractivity contribution is -0.120. The molecule has 0 fully saturated rings. The molecule has 106 valence electrons. The quantitative estimate of drug-likeness (QED) is 0.588. The first-order valence-corrected chi connectivity index (χ1v) is 7.73. The van der Waals surface area contributed by atoms with Gasteiger partial charge in [0.05, 0.1) is 13.5 Å². The molecule has 0 saturated carbocycles. The Labute approximate surface area is 123 Å². The summed E-state index contributed by atoms with van der Waals surface area (Å²) in [4.78, 5) is 11.8. The predicted molar refractivity (Wildman–Crippen MR) is 81.9 cm³/mol. The lowest BCUT2D eigenvalue weighted by Crippen LogP contribution is -2.26. The minimum atomic E-state index is 0.0692. The van der Waals surface area contributed by atoms with Crippen molar-refractivity contribution in [3.05, 3.63) is 29.8 Å². The Morgan fingerprint density at radius 2 is 2.26 bits per heavy atom. The van der Waals surface area contributed by atoms with Gasteiger partial charge in [-0.15, -0.1) is 0 Å². The SMILES string of the molecule is COc1cccc(CC(=O)NCCCC(C)CBr)c1. The van der Waals surface area contributed by atoms with Gasteiger partial charge < -0.3 is 10.1 Å². The highest BCUT2D eigenvalue weighted by Gasteiger charge is 2.04. The van der Waals surface area contributed by atoms with E-state index in [1.54, 1.807) is 7.11 Å². The number of carbonyl (C=O) groups is 1. The van der Waals surface area contributed by atoms with Crippen LogP contribution >= 0.6 is 15.9 Å². The average Bonchev–Trinajstić information content (AvgIpc) is 2.43. The Morgan fingerprint density at radius 3 is 2.95 bits per heavy atom. The zero-order valence-electron chi connectivity index (χ0n) is 11.6. The summed E-state index contributed by atoms with van der Waals surface area (Å²) in [5.74, 6) is 1.52. The van der Waals surface area contributed by atoms with E-state index in [1.807, 2.05) is 24.3 Å². The molecule has 0 heterocycles. The number of methoxy groups -OCH3 is 1. The zero-order chi connectivity index (χ0) is 14.1. The molecule has 1 aromatic rings. The molecule has 1 atom stereocenters. The molecular formula is C15H22BrNO2. The van der Waals surface area contributed by atoms with E-state index in [0.717, 1.165) is 36.0 Å². The maximum Gasteiger partial charge on any atom is 0.224 e. The summed E-state index contributed by atoms with van der Waals surface area (Å²) >= 11 is 3.45. The Morgan fingerprint density at radius 1 is 1.47 bits per heavy atom. The van der Waals surface area contributed by atoms with Crippen molar-refractivity contribution in [2.24, 2.45) is 5.92 Å². The maximum atomic E-state index is 11.8. The third kappa shape index (κ3) is 6.62. The van der Waals surface area contributed by atoms with Gasteiger partial charge in [0, 0.05) is 11.9 Å². The molecular weight excluding hydrogens is 306 g/mol. The molecule has 0 aliphatic rings. The summed E-state index contributed by atoms with van der Waals surface area (Å²) in [6.07, 6.45) is 2.56. The van der Waals surface area contributed by atoms with Crippen molar-refractivity contribution in [2.75, 3.05) is 19.0 Å². The molecule has 1 aromatic carbocycles. The van der Waals surface area contributed by atoms with Crippen molar-refractivity contribution < 1.29 is 9.53 Å². The molecule has 0 radical (unpaired) electrons. The molecule has 4 heteroatoms. The van der Waals surface area contributed by atoms with Gasteiger partial charge in [0.15, 0.2) is 0 Å². The Bertz CT molecular complexity index is 395. The molecule has 1 amide bonds. The number of benzene rings is 1. The highest BCUT2D eigenvalue weighted by atomic mass is 79.9. The van der Waals surface area contributed by atoms with Crippen LogP contribution in [0, 0.1) is 5.92 Å². The van der Waals surface area contributed by atoms with Gasteiger partial charge in [-0.3, -0.25) is 4.79 Å². The van der Waals surface area contributed by atoms with Crippen molar-refractivity contribution in [2.45, 2.75) is 26.2 Å². The second-order valence-electron chi connectivity index (χ2n) is 4.78. The molecule has 0 aromatic heterocycles. The van der Waals surface area contributed by atoms with Crippen LogP contribution in [-0.2, 0) is 11.2 Å². The summed E-state index contributed by atoms with van der Waals surface area (Å²) in [5.41, 5.74) is 0.977. The molecule has 0 aliphatic heterocycles. The molecule has 1 rings (SSSR count). The van der Waals surface area contributed by atoms with Crippen LogP contribution in [0.3, 0.4) is 0 Å². The van der Waals surface area contributed by atoms with E-state index in [1.165, 1.54) is 0 Å². The topological polar surface area (TPSA) is 38.3 Å². The van der Waals surface area contributed by atoms with Gasteiger partial charge in [-0.1, -0.05) is 35.0 Å². The second kappa shape index (κ2) is 8.97. The fraction of sp³-hybridized carbons (Fsp3) is 0.533. The minimum Gasteiger partial charge on any atom is -0.497 e. The van der Waals surface area contributed by atoms with Crippen LogP contribution in [0.5, 0.6) is 5.75 Å². The maximum absolute atomic E-state index is 11.8. The minimum absolute atomic E-state index is 0.0692. The number of carbonyl (C=O) groups excluding carboxylic acids is 1. The van der Waals surface area contributed by atoms with Crippen LogP contribution in [0.15, 0.2) is 24.3 Å². The van der Waals surface area contributed by atoms with Crippen LogP contribution in [0.4, 0.5) is 0 Å². The van der Waals surface area contributed by atoms with Crippen molar-refractivity contribution in [3.8, 4) is 5.75 Å². The van der Waals surface area contributed by atoms with Gasteiger partial charge in [-0.25, -0.2) is 0 Å². The standard InChI is InChI=1S/C15H22BrNO2/c1-12(11-16)5-4-8-17-15(18)10-13-6-3-7-14(9-13)19-2/h3,6-7,9,12H,4-5,8,10-11H2,1-2H3,(H,17,18). The van der Waals surface area contributed by atoms with Crippen molar-refractivity contribution in [3.63, 3.8) is 0 Å². The van der Waals surface area contributed by atoms with E-state index >= 15 is 0 Å². The van der Waals surface area contributed by atoms with E-state index < -0.39 is 0 Å². The van der Waals surface area contributed by atoms with Crippen LogP contribution in [0.2, 0.25) is 0 Å². The van der Waals surface area contributed by atoms with E-state index in [-0.39, 0.29) is 5.91 Å². The number of rotatable bonds is 8. The first-order valence-electron chi connectivity index (χ1n) is 6.61. The normalized spacial score (nSPS) is 11.9. The zero-order valence-corrected chi connectivity index (χ0v) is 13.2. The van der Waals surface area contributed by atoms with Crippen LogP contribution in [-0.4, -0.2) is 24.9 Å². The molecule has 0 bridgehead atoms. The van der Waals surface area contributed by atoms with Gasteiger partial charge >= 0.3 is 0 Å². The Hall–Kier alpha value is -1.03. The Kier molecular flexibility index (Phi) is 7.56. The smallest absolute Gasteiger partial charge is 0.224 e. The lowest BCUT2D eigenvalue weighted by atomic mass is 10.1. The molecule has 0 spiro atoms. The fourth-order valence-electron chi connectivity index (χ4n) is 1.79. The van der Waals surface area contributed by atoms with Crippen molar-refractivity contribution >= 4 is 21.8 Å². The highest BCUT2D eigenvalue weighted by molar-refractivity contribution is 9.09. The Balaban J connectivity index is 2.27. The third-order valence-corrected chi connectivity index (χ3v) is 4.06. The molecule has 0 aliphatic carbocycles. The largest absolute Gasteiger partial charge is 0.497 e. The van der Waals surface area contributed by atoms with Crippen LogP contribution < -0.4 is 10.1 Å². The highest BCUT2D eigenvalue weighted by Crippen LogP contribution is 2.13. The summed E-state index contributed by atoms with van der Waals surface area (Å²) in [7, 11) is 1.63. The predicted octanol–water partition coefficient (Wildman–Crippen LogP) is 3.17. The first kappa shape index (κ1) is 16.0. The molecule has 1 N–H and O–H groups in total. The number of hydrogen-bond donors (Lipinski definition) is 1. The lowest BCUT2D eigenvalue weighted by Gasteiger charge is -2.09.